The van der Waals surface area contributed by atoms with E-state index in [0.717, 1.165) is 5.56 Å². The summed E-state index contributed by atoms with van der Waals surface area (Å²) in [6.45, 7) is 1.79. The Balaban J connectivity index is 2.20. The first-order chi connectivity index (χ1) is 12.4. The minimum absolute atomic E-state index is 0.00832. The van der Waals surface area contributed by atoms with Gasteiger partial charge in [-0.3, -0.25) is 13.8 Å². The molecule has 0 aliphatic rings. The van der Waals surface area contributed by atoms with Crippen LogP contribution >= 0.6 is 0 Å². The summed E-state index contributed by atoms with van der Waals surface area (Å²) in [5.41, 5.74) is 0.711. The Morgan fingerprint density at radius 3 is 2.38 bits per heavy atom. The molecule has 1 amide bonds. The Kier molecular flexibility index (Phi) is 6.69. The molecule has 2 aromatic rings. The topological polar surface area (TPSA) is 83.5 Å². The summed E-state index contributed by atoms with van der Waals surface area (Å²) in [5.74, 6) is -0.940. The fraction of sp³-hybridized carbons (Fsp3) is 0.300. The van der Waals surface area contributed by atoms with E-state index in [0.29, 0.717) is 23.3 Å². The summed E-state index contributed by atoms with van der Waals surface area (Å²) in [7, 11) is -0.998. The summed E-state index contributed by atoms with van der Waals surface area (Å²) in [6, 6.07) is 15.8. The first-order valence-electron chi connectivity index (χ1n) is 8.35. The maximum absolute atomic E-state index is 12.5. The van der Waals surface area contributed by atoms with Gasteiger partial charge in [-0.15, -0.1) is 0 Å². The molecule has 0 spiro atoms. The van der Waals surface area contributed by atoms with Crippen LogP contribution in [0.1, 0.15) is 34.8 Å². The molecule has 0 aromatic heterocycles. The minimum Gasteiger partial charge on any atom is -0.481 e. The number of carbonyl (C=O) groups is 2. The molecule has 0 fully saturated rings. The van der Waals surface area contributed by atoms with E-state index >= 15 is 0 Å². The fourth-order valence-electron chi connectivity index (χ4n) is 2.91. The van der Waals surface area contributed by atoms with Crippen molar-refractivity contribution in [3.63, 3.8) is 0 Å². The number of rotatable bonds is 8. The highest BCUT2D eigenvalue weighted by Crippen LogP contribution is 2.28. The van der Waals surface area contributed by atoms with Crippen LogP contribution in [0.3, 0.4) is 0 Å². The van der Waals surface area contributed by atoms with E-state index in [2.05, 4.69) is 5.32 Å². The third kappa shape index (κ3) is 4.58. The van der Waals surface area contributed by atoms with Crippen molar-refractivity contribution in [1.29, 1.82) is 0 Å². The molecule has 5 nitrogen and oxygen atoms in total. The Labute approximate surface area is 155 Å². The van der Waals surface area contributed by atoms with Crippen LogP contribution in [0, 0.1) is 0 Å². The SMILES string of the molecule is CCC(CNC(=O)c1cccc(CS(C)=O)c1)(C(=O)O)c1ccccc1. The second kappa shape index (κ2) is 8.76. The van der Waals surface area contributed by atoms with Crippen molar-refractivity contribution in [3.8, 4) is 0 Å². The molecule has 0 saturated carbocycles. The average molecular weight is 373 g/mol. The van der Waals surface area contributed by atoms with Crippen molar-refractivity contribution in [3.05, 3.63) is 71.3 Å². The number of carboxylic acid groups (broad SMARTS) is 1. The van der Waals surface area contributed by atoms with Crippen molar-refractivity contribution < 1.29 is 18.9 Å². The molecular formula is C20H23NO4S. The van der Waals surface area contributed by atoms with Gasteiger partial charge in [-0.1, -0.05) is 49.4 Å². The summed E-state index contributed by atoms with van der Waals surface area (Å²) < 4.78 is 11.4. The van der Waals surface area contributed by atoms with Gasteiger partial charge in [0, 0.05) is 34.9 Å². The van der Waals surface area contributed by atoms with E-state index in [1.54, 1.807) is 55.6 Å². The Bertz CT molecular complexity index is 806. The van der Waals surface area contributed by atoms with Crippen LogP contribution < -0.4 is 5.32 Å². The van der Waals surface area contributed by atoms with Gasteiger partial charge in [0.25, 0.3) is 5.91 Å². The molecule has 2 N–H and O–H groups in total. The number of hydrogen-bond donors (Lipinski definition) is 2. The molecule has 0 aliphatic carbocycles. The van der Waals surface area contributed by atoms with Gasteiger partial charge in [0.05, 0.1) is 0 Å². The number of carboxylic acids is 1. The third-order valence-electron chi connectivity index (χ3n) is 4.45. The Morgan fingerprint density at radius 2 is 1.81 bits per heavy atom. The second-order valence-corrected chi connectivity index (χ2v) is 7.64. The van der Waals surface area contributed by atoms with Crippen LogP contribution in [0.2, 0.25) is 0 Å². The molecule has 0 saturated heterocycles. The predicted octanol–water partition coefficient (Wildman–Crippen LogP) is 2.73. The van der Waals surface area contributed by atoms with Crippen molar-refractivity contribution in [1.82, 2.24) is 5.32 Å². The van der Waals surface area contributed by atoms with E-state index in [1.165, 1.54) is 0 Å². The highest BCUT2D eigenvalue weighted by molar-refractivity contribution is 7.83. The Morgan fingerprint density at radius 1 is 1.12 bits per heavy atom. The molecule has 2 rings (SSSR count). The lowest BCUT2D eigenvalue weighted by Crippen LogP contribution is -2.46. The Hall–Kier alpha value is -2.47. The van der Waals surface area contributed by atoms with Gasteiger partial charge < -0.3 is 10.4 Å². The molecule has 2 aromatic carbocycles. The number of amides is 1. The summed E-state index contributed by atoms with van der Waals surface area (Å²) in [5, 5.41) is 12.6. The van der Waals surface area contributed by atoms with Gasteiger partial charge in [-0.25, -0.2) is 0 Å². The zero-order chi connectivity index (χ0) is 19.2. The van der Waals surface area contributed by atoms with Crippen molar-refractivity contribution in [2.75, 3.05) is 12.8 Å². The molecular weight excluding hydrogens is 350 g/mol. The summed E-state index contributed by atoms with van der Waals surface area (Å²) in [6.07, 6.45) is 1.95. The van der Waals surface area contributed by atoms with Gasteiger partial charge in [0.15, 0.2) is 0 Å². The zero-order valence-corrected chi connectivity index (χ0v) is 15.7. The van der Waals surface area contributed by atoms with Gasteiger partial charge in [0.2, 0.25) is 0 Å². The first kappa shape index (κ1) is 19.8. The monoisotopic (exact) mass is 373 g/mol. The van der Waals surface area contributed by atoms with Gasteiger partial charge in [0.1, 0.15) is 5.41 Å². The van der Waals surface area contributed by atoms with E-state index < -0.39 is 22.2 Å². The molecule has 0 radical (unpaired) electrons. The van der Waals surface area contributed by atoms with Crippen LogP contribution in [-0.4, -0.2) is 34.0 Å². The van der Waals surface area contributed by atoms with Crippen LogP contribution in [0.5, 0.6) is 0 Å². The minimum atomic E-state index is -1.18. The van der Waals surface area contributed by atoms with Crippen LogP contribution in [0.25, 0.3) is 0 Å². The van der Waals surface area contributed by atoms with Gasteiger partial charge in [-0.2, -0.15) is 0 Å². The number of nitrogens with one attached hydrogen (secondary N) is 1. The van der Waals surface area contributed by atoms with E-state index in [4.69, 9.17) is 0 Å². The lowest BCUT2D eigenvalue weighted by atomic mass is 9.78. The number of aliphatic carboxylic acids is 1. The average Bonchev–Trinajstić information content (AvgIpc) is 2.62. The molecule has 26 heavy (non-hydrogen) atoms. The highest BCUT2D eigenvalue weighted by atomic mass is 32.2. The lowest BCUT2D eigenvalue weighted by Gasteiger charge is -2.29. The van der Waals surface area contributed by atoms with E-state index in [-0.39, 0.29) is 12.5 Å². The summed E-state index contributed by atoms with van der Waals surface area (Å²) in [4.78, 5) is 24.5. The molecule has 0 heterocycles. The predicted molar refractivity (Wildman–Crippen MR) is 103 cm³/mol. The number of benzene rings is 2. The van der Waals surface area contributed by atoms with E-state index in [9.17, 15) is 18.9 Å². The maximum Gasteiger partial charge on any atom is 0.315 e. The summed E-state index contributed by atoms with van der Waals surface area (Å²) >= 11 is 0. The third-order valence-corrected chi connectivity index (χ3v) is 5.19. The normalized spacial score (nSPS) is 14.2. The second-order valence-electron chi connectivity index (χ2n) is 6.21. The van der Waals surface area contributed by atoms with Crippen LogP contribution in [0.15, 0.2) is 54.6 Å². The molecule has 0 aliphatic heterocycles. The quantitative estimate of drug-likeness (QED) is 0.745. The van der Waals surface area contributed by atoms with Crippen molar-refractivity contribution >= 4 is 22.7 Å². The number of carbonyl (C=O) groups excluding carboxylic acids is 1. The van der Waals surface area contributed by atoms with Gasteiger partial charge >= 0.3 is 5.97 Å². The largest absolute Gasteiger partial charge is 0.481 e. The molecule has 2 atom stereocenters. The molecule has 6 heteroatoms. The first-order valence-corrected chi connectivity index (χ1v) is 10.1. The molecule has 2 unspecified atom stereocenters. The zero-order valence-electron chi connectivity index (χ0n) is 14.9. The smallest absolute Gasteiger partial charge is 0.315 e. The van der Waals surface area contributed by atoms with E-state index in [1.807, 2.05) is 12.1 Å². The maximum atomic E-state index is 12.5. The standard InChI is InChI=1S/C20H23NO4S/c1-3-20(19(23)24,17-10-5-4-6-11-17)14-21-18(22)16-9-7-8-15(12-16)13-26(2)25/h4-12H,3,13-14H2,1-2H3,(H,21,22)(H,23,24). The molecule has 0 bridgehead atoms. The number of hydrogen-bond acceptors (Lipinski definition) is 3. The molecule has 138 valence electrons. The van der Waals surface area contributed by atoms with Crippen LogP contribution in [0.4, 0.5) is 0 Å². The fourth-order valence-corrected chi connectivity index (χ4v) is 3.56. The van der Waals surface area contributed by atoms with Crippen molar-refractivity contribution in [2.24, 2.45) is 0 Å². The van der Waals surface area contributed by atoms with Crippen LogP contribution in [-0.2, 0) is 26.8 Å². The lowest BCUT2D eigenvalue weighted by molar-refractivity contribution is -0.143. The van der Waals surface area contributed by atoms with Crippen molar-refractivity contribution in [2.45, 2.75) is 24.5 Å². The highest BCUT2D eigenvalue weighted by Gasteiger charge is 2.39. The van der Waals surface area contributed by atoms with Gasteiger partial charge in [-0.05, 0) is 29.7 Å².